The van der Waals surface area contributed by atoms with Crippen LogP contribution in [0.2, 0.25) is 0 Å². The standard InChI is InChI=1S/C12H19N3O2S/c1-3-14-4-6-15(7-5-14)12-13-10(9-18-12)8-11(16)17-2/h9H,3-8H2,1-2H3. The van der Waals surface area contributed by atoms with Crippen molar-refractivity contribution in [1.82, 2.24) is 9.88 Å². The molecule has 0 radical (unpaired) electrons. The minimum Gasteiger partial charge on any atom is -0.469 e. The van der Waals surface area contributed by atoms with E-state index in [1.54, 1.807) is 11.3 Å². The number of methoxy groups -OCH3 is 1. The molecule has 6 heteroatoms. The van der Waals surface area contributed by atoms with Gasteiger partial charge in [-0.1, -0.05) is 6.92 Å². The first-order valence-corrected chi connectivity index (χ1v) is 7.09. The number of rotatable bonds is 4. The van der Waals surface area contributed by atoms with Gasteiger partial charge in [0.25, 0.3) is 0 Å². The van der Waals surface area contributed by atoms with Crippen LogP contribution in [0.1, 0.15) is 12.6 Å². The zero-order chi connectivity index (χ0) is 13.0. The SMILES string of the molecule is CCN1CCN(c2nc(CC(=O)OC)cs2)CC1. The number of likely N-dealkylation sites (N-methyl/N-ethyl adjacent to an activating group) is 1. The second-order valence-corrected chi connectivity index (χ2v) is 5.13. The van der Waals surface area contributed by atoms with E-state index >= 15 is 0 Å². The first-order chi connectivity index (χ1) is 8.72. The molecule has 18 heavy (non-hydrogen) atoms. The fraction of sp³-hybridized carbons (Fsp3) is 0.667. The smallest absolute Gasteiger partial charge is 0.311 e. The topological polar surface area (TPSA) is 45.7 Å². The molecule has 1 aliphatic heterocycles. The van der Waals surface area contributed by atoms with Gasteiger partial charge in [0.05, 0.1) is 19.2 Å². The molecule has 0 aromatic carbocycles. The summed E-state index contributed by atoms with van der Waals surface area (Å²) >= 11 is 1.61. The van der Waals surface area contributed by atoms with Crippen LogP contribution in [-0.2, 0) is 16.0 Å². The van der Waals surface area contributed by atoms with Gasteiger partial charge in [0.2, 0.25) is 0 Å². The summed E-state index contributed by atoms with van der Waals surface area (Å²) in [5, 5.41) is 2.96. The Hall–Kier alpha value is -1.14. The molecular weight excluding hydrogens is 250 g/mol. The molecule has 0 amide bonds. The van der Waals surface area contributed by atoms with E-state index in [2.05, 4.69) is 26.4 Å². The quantitative estimate of drug-likeness (QED) is 0.763. The fourth-order valence-electron chi connectivity index (χ4n) is 2.00. The fourth-order valence-corrected chi connectivity index (χ4v) is 2.88. The molecule has 0 N–H and O–H groups in total. The van der Waals surface area contributed by atoms with Crippen molar-refractivity contribution in [2.45, 2.75) is 13.3 Å². The molecule has 5 nitrogen and oxygen atoms in total. The van der Waals surface area contributed by atoms with Crippen molar-refractivity contribution in [2.24, 2.45) is 0 Å². The third-order valence-electron chi connectivity index (χ3n) is 3.18. The van der Waals surface area contributed by atoms with Gasteiger partial charge in [-0.05, 0) is 6.54 Å². The summed E-state index contributed by atoms with van der Waals surface area (Å²) in [7, 11) is 1.40. The molecule has 2 rings (SSSR count). The Balaban J connectivity index is 1.92. The first-order valence-electron chi connectivity index (χ1n) is 6.21. The average molecular weight is 269 g/mol. The average Bonchev–Trinajstić information content (AvgIpc) is 2.87. The molecular formula is C12H19N3O2S. The number of carbonyl (C=O) groups excluding carboxylic acids is 1. The Labute approximate surface area is 111 Å². The Kier molecular flexibility index (Phi) is 4.54. The predicted molar refractivity (Wildman–Crippen MR) is 72.2 cm³/mol. The number of ether oxygens (including phenoxy) is 1. The molecule has 0 unspecified atom stereocenters. The highest BCUT2D eigenvalue weighted by Crippen LogP contribution is 2.22. The second kappa shape index (κ2) is 6.15. The summed E-state index contributed by atoms with van der Waals surface area (Å²) in [4.78, 5) is 20.4. The Morgan fingerprint density at radius 2 is 2.17 bits per heavy atom. The summed E-state index contributed by atoms with van der Waals surface area (Å²) in [6, 6.07) is 0. The van der Waals surface area contributed by atoms with Gasteiger partial charge in [0.1, 0.15) is 0 Å². The van der Waals surface area contributed by atoms with Crippen molar-refractivity contribution in [2.75, 3.05) is 44.7 Å². The van der Waals surface area contributed by atoms with E-state index in [9.17, 15) is 4.79 Å². The monoisotopic (exact) mass is 269 g/mol. The lowest BCUT2D eigenvalue weighted by molar-refractivity contribution is -0.139. The predicted octanol–water partition coefficient (Wildman–Crippen LogP) is 1.00. The van der Waals surface area contributed by atoms with Crippen LogP contribution in [0.5, 0.6) is 0 Å². The van der Waals surface area contributed by atoms with Gasteiger partial charge >= 0.3 is 5.97 Å². The number of hydrogen-bond donors (Lipinski definition) is 0. The Morgan fingerprint density at radius 1 is 1.44 bits per heavy atom. The molecule has 0 atom stereocenters. The molecule has 1 aromatic heterocycles. The van der Waals surface area contributed by atoms with Gasteiger partial charge in [-0.3, -0.25) is 4.79 Å². The minimum atomic E-state index is -0.234. The van der Waals surface area contributed by atoms with E-state index in [0.717, 1.165) is 43.5 Å². The van der Waals surface area contributed by atoms with Gasteiger partial charge in [0, 0.05) is 31.6 Å². The number of carbonyl (C=O) groups is 1. The van der Waals surface area contributed by atoms with Crippen LogP contribution in [0.3, 0.4) is 0 Å². The highest BCUT2D eigenvalue weighted by molar-refractivity contribution is 7.13. The number of anilines is 1. The molecule has 1 aromatic rings. The van der Waals surface area contributed by atoms with Gasteiger partial charge in [0.15, 0.2) is 5.13 Å². The normalized spacial score (nSPS) is 16.9. The summed E-state index contributed by atoms with van der Waals surface area (Å²) in [6.45, 7) is 7.50. The van der Waals surface area contributed by atoms with Gasteiger partial charge in [-0.15, -0.1) is 11.3 Å². The van der Waals surface area contributed by atoms with Crippen LogP contribution in [0.4, 0.5) is 5.13 Å². The van der Waals surface area contributed by atoms with Crippen LogP contribution >= 0.6 is 11.3 Å². The van der Waals surface area contributed by atoms with Gasteiger partial charge < -0.3 is 14.5 Å². The zero-order valence-electron chi connectivity index (χ0n) is 10.9. The molecule has 0 bridgehead atoms. The van der Waals surface area contributed by atoms with Crippen LogP contribution in [0.25, 0.3) is 0 Å². The number of hydrogen-bond acceptors (Lipinski definition) is 6. The summed E-state index contributed by atoms with van der Waals surface area (Å²) in [6.07, 6.45) is 0.266. The molecule has 1 fully saturated rings. The highest BCUT2D eigenvalue weighted by atomic mass is 32.1. The molecule has 1 aliphatic rings. The number of aromatic nitrogens is 1. The maximum Gasteiger partial charge on any atom is 0.311 e. The van der Waals surface area contributed by atoms with E-state index in [1.807, 2.05) is 5.38 Å². The van der Waals surface area contributed by atoms with Crippen LogP contribution in [0, 0.1) is 0 Å². The van der Waals surface area contributed by atoms with Crippen molar-refractivity contribution in [3.05, 3.63) is 11.1 Å². The Morgan fingerprint density at radius 3 is 2.78 bits per heavy atom. The van der Waals surface area contributed by atoms with Crippen molar-refractivity contribution in [1.29, 1.82) is 0 Å². The molecule has 2 heterocycles. The minimum absolute atomic E-state index is 0.234. The number of piperazine rings is 1. The lowest BCUT2D eigenvalue weighted by Crippen LogP contribution is -2.46. The molecule has 0 aliphatic carbocycles. The maximum absolute atomic E-state index is 11.2. The third kappa shape index (κ3) is 3.20. The Bertz CT molecular complexity index is 400. The first kappa shape index (κ1) is 13.3. The number of thiazole rings is 1. The lowest BCUT2D eigenvalue weighted by atomic mass is 10.3. The lowest BCUT2D eigenvalue weighted by Gasteiger charge is -2.33. The van der Waals surface area contributed by atoms with Crippen LogP contribution in [-0.4, -0.2) is 55.7 Å². The number of nitrogens with zero attached hydrogens (tertiary/aromatic N) is 3. The van der Waals surface area contributed by atoms with Crippen molar-refractivity contribution < 1.29 is 9.53 Å². The molecule has 0 saturated carbocycles. The largest absolute Gasteiger partial charge is 0.469 e. The summed E-state index contributed by atoms with van der Waals surface area (Å²) in [5.74, 6) is -0.234. The molecule has 0 spiro atoms. The van der Waals surface area contributed by atoms with E-state index in [-0.39, 0.29) is 12.4 Å². The van der Waals surface area contributed by atoms with Crippen LogP contribution in [0.15, 0.2) is 5.38 Å². The second-order valence-electron chi connectivity index (χ2n) is 4.30. The maximum atomic E-state index is 11.2. The zero-order valence-corrected chi connectivity index (χ0v) is 11.7. The third-order valence-corrected chi connectivity index (χ3v) is 4.13. The number of esters is 1. The van der Waals surface area contributed by atoms with E-state index in [4.69, 9.17) is 0 Å². The summed E-state index contributed by atoms with van der Waals surface area (Å²) in [5.41, 5.74) is 0.805. The van der Waals surface area contributed by atoms with Crippen molar-refractivity contribution in [3.8, 4) is 0 Å². The summed E-state index contributed by atoms with van der Waals surface area (Å²) < 4.78 is 4.64. The van der Waals surface area contributed by atoms with Crippen molar-refractivity contribution >= 4 is 22.4 Å². The van der Waals surface area contributed by atoms with E-state index < -0.39 is 0 Å². The van der Waals surface area contributed by atoms with Crippen molar-refractivity contribution in [3.63, 3.8) is 0 Å². The molecule has 1 saturated heterocycles. The van der Waals surface area contributed by atoms with E-state index in [1.165, 1.54) is 7.11 Å². The van der Waals surface area contributed by atoms with Gasteiger partial charge in [-0.25, -0.2) is 4.98 Å². The van der Waals surface area contributed by atoms with Gasteiger partial charge in [-0.2, -0.15) is 0 Å². The van der Waals surface area contributed by atoms with Crippen LogP contribution < -0.4 is 4.90 Å². The molecule has 100 valence electrons. The van der Waals surface area contributed by atoms with E-state index in [0.29, 0.717) is 0 Å². The highest BCUT2D eigenvalue weighted by Gasteiger charge is 2.18.